The van der Waals surface area contributed by atoms with E-state index in [1.165, 1.54) is 11.1 Å². The predicted octanol–water partition coefficient (Wildman–Crippen LogP) is 3.20. The number of para-hydroxylation sites is 1. The highest BCUT2D eigenvalue weighted by molar-refractivity contribution is 5.78. The number of nitrogens with one attached hydrogen (secondary N) is 1. The number of benzene rings is 2. The van der Waals surface area contributed by atoms with Crippen molar-refractivity contribution in [1.82, 2.24) is 0 Å². The van der Waals surface area contributed by atoms with Gasteiger partial charge in [0.25, 0.3) is 0 Å². The molecule has 3 nitrogen and oxygen atoms in total. The van der Waals surface area contributed by atoms with Crippen molar-refractivity contribution in [3.8, 4) is 0 Å². The van der Waals surface area contributed by atoms with Gasteiger partial charge in [0.1, 0.15) is 0 Å². The first-order valence-electron chi connectivity index (χ1n) is 6.76. The fourth-order valence-corrected chi connectivity index (χ4v) is 2.39. The van der Waals surface area contributed by atoms with E-state index in [4.69, 9.17) is 5.73 Å². The van der Waals surface area contributed by atoms with Crippen LogP contribution in [0, 0.1) is 6.92 Å². The second-order valence-corrected chi connectivity index (χ2v) is 5.02. The summed E-state index contributed by atoms with van der Waals surface area (Å²) in [6.45, 7) is 4.21. The molecule has 0 heterocycles. The van der Waals surface area contributed by atoms with E-state index >= 15 is 0 Å². The Hall–Kier alpha value is -2.29. The second kappa shape index (κ2) is 6.24. The third-order valence-corrected chi connectivity index (χ3v) is 3.41. The van der Waals surface area contributed by atoms with E-state index in [1.54, 1.807) is 0 Å². The van der Waals surface area contributed by atoms with Crippen LogP contribution in [0.3, 0.4) is 0 Å². The molecule has 104 valence electrons. The first kappa shape index (κ1) is 14.1. The van der Waals surface area contributed by atoms with Gasteiger partial charge in [-0.15, -0.1) is 0 Å². The fraction of sp³-hybridized carbons (Fsp3) is 0.235. The van der Waals surface area contributed by atoms with Crippen LogP contribution in [0.15, 0.2) is 48.5 Å². The Bertz CT molecular complexity index is 607. The van der Waals surface area contributed by atoms with Crippen LogP contribution in [-0.2, 0) is 11.2 Å². The van der Waals surface area contributed by atoms with Crippen LogP contribution in [0.25, 0.3) is 0 Å². The summed E-state index contributed by atoms with van der Waals surface area (Å²) in [5, 5.41) is 3.47. The number of anilines is 1. The number of amides is 1. The number of primary amides is 1. The van der Waals surface area contributed by atoms with Gasteiger partial charge in [-0.3, -0.25) is 4.79 Å². The summed E-state index contributed by atoms with van der Waals surface area (Å²) in [5.74, 6) is -0.317. The molecule has 2 aromatic rings. The molecule has 0 bridgehead atoms. The summed E-state index contributed by atoms with van der Waals surface area (Å²) in [5.41, 5.74) is 9.69. The van der Waals surface area contributed by atoms with Gasteiger partial charge in [0.15, 0.2) is 0 Å². The van der Waals surface area contributed by atoms with Crippen molar-refractivity contribution in [1.29, 1.82) is 0 Å². The molecular formula is C17H20N2O. The van der Waals surface area contributed by atoms with Crippen molar-refractivity contribution in [2.45, 2.75) is 26.3 Å². The maximum atomic E-state index is 11.1. The Morgan fingerprint density at radius 2 is 1.80 bits per heavy atom. The quantitative estimate of drug-likeness (QED) is 0.875. The number of carbonyl (C=O) groups excluding carboxylic acids is 1. The summed E-state index contributed by atoms with van der Waals surface area (Å²) < 4.78 is 0. The lowest BCUT2D eigenvalue weighted by atomic mass is 10.0. The lowest BCUT2D eigenvalue weighted by molar-refractivity contribution is -0.117. The van der Waals surface area contributed by atoms with Crippen LogP contribution >= 0.6 is 0 Å². The van der Waals surface area contributed by atoms with Crippen LogP contribution < -0.4 is 11.1 Å². The van der Waals surface area contributed by atoms with Crippen molar-refractivity contribution >= 4 is 11.6 Å². The zero-order valence-corrected chi connectivity index (χ0v) is 11.9. The Morgan fingerprint density at radius 3 is 2.50 bits per heavy atom. The standard InChI is InChI=1S/C17H20N2O/c1-12-7-3-5-9-15(12)13(2)19-16-10-6-4-8-14(16)11-17(18)20/h3-10,13,19H,11H2,1-2H3,(H2,18,20). The SMILES string of the molecule is Cc1ccccc1C(C)Nc1ccccc1CC(N)=O. The summed E-state index contributed by atoms with van der Waals surface area (Å²) in [6, 6.07) is 16.2. The smallest absolute Gasteiger partial charge is 0.221 e. The maximum Gasteiger partial charge on any atom is 0.221 e. The molecule has 2 rings (SSSR count). The van der Waals surface area contributed by atoms with Gasteiger partial charge in [0.05, 0.1) is 6.42 Å². The first-order chi connectivity index (χ1) is 9.58. The molecule has 0 aliphatic carbocycles. The molecule has 1 atom stereocenters. The van der Waals surface area contributed by atoms with Crippen LogP contribution in [0.2, 0.25) is 0 Å². The topological polar surface area (TPSA) is 55.1 Å². The largest absolute Gasteiger partial charge is 0.378 e. The average Bonchev–Trinajstić information content (AvgIpc) is 2.41. The molecule has 1 unspecified atom stereocenters. The van der Waals surface area contributed by atoms with E-state index in [0.29, 0.717) is 0 Å². The highest BCUT2D eigenvalue weighted by atomic mass is 16.1. The van der Waals surface area contributed by atoms with Gasteiger partial charge >= 0.3 is 0 Å². The highest BCUT2D eigenvalue weighted by Crippen LogP contribution is 2.24. The molecule has 0 saturated carbocycles. The highest BCUT2D eigenvalue weighted by Gasteiger charge is 2.10. The van der Waals surface area contributed by atoms with Gasteiger partial charge in [-0.25, -0.2) is 0 Å². The number of hydrogen-bond acceptors (Lipinski definition) is 2. The van der Waals surface area contributed by atoms with Gasteiger partial charge in [0, 0.05) is 11.7 Å². The Morgan fingerprint density at radius 1 is 1.15 bits per heavy atom. The van der Waals surface area contributed by atoms with Crippen molar-refractivity contribution < 1.29 is 4.79 Å². The first-order valence-corrected chi connectivity index (χ1v) is 6.76. The molecule has 1 amide bonds. The number of hydrogen-bond donors (Lipinski definition) is 2. The van der Waals surface area contributed by atoms with Crippen LogP contribution in [0.1, 0.15) is 29.7 Å². The molecule has 0 spiro atoms. The molecule has 0 aliphatic rings. The van der Waals surface area contributed by atoms with Gasteiger partial charge in [-0.2, -0.15) is 0 Å². The van der Waals surface area contributed by atoms with Gasteiger partial charge in [-0.1, -0.05) is 42.5 Å². The molecule has 20 heavy (non-hydrogen) atoms. The van der Waals surface area contributed by atoms with E-state index in [-0.39, 0.29) is 18.4 Å². The molecule has 0 aromatic heterocycles. The maximum absolute atomic E-state index is 11.1. The van der Waals surface area contributed by atoms with Crippen molar-refractivity contribution in [3.63, 3.8) is 0 Å². The van der Waals surface area contributed by atoms with Gasteiger partial charge in [0.2, 0.25) is 5.91 Å². The van der Waals surface area contributed by atoms with E-state index in [2.05, 4.69) is 31.3 Å². The van der Waals surface area contributed by atoms with E-state index in [1.807, 2.05) is 36.4 Å². The summed E-state index contributed by atoms with van der Waals surface area (Å²) >= 11 is 0. The number of aryl methyl sites for hydroxylation is 1. The molecular weight excluding hydrogens is 248 g/mol. The molecule has 0 aliphatic heterocycles. The normalized spacial score (nSPS) is 11.9. The number of carbonyl (C=O) groups is 1. The van der Waals surface area contributed by atoms with E-state index in [9.17, 15) is 4.79 Å². The number of rotatable bonds is 5. The molecule has 2 aromatic carbocycles. The minimum absolute atomic E-state index is 0.172. The molecule has 3 N–H and O–H groups in total. The Balaban J connectivity index is 2.22. The second-order valence-electron chi connectivity index (χ2n) is 5.02. The monoisotopic (exact) mass is 268 g/mol. The van der Waals surface area contributed by atoms with E-state index in [0.717, 1.165) is 11.3 Å². The molecule has 0 saturated heterocycles. The Labute approximate surface area is 119 Å². The molecule has 0 radical (unpaired) electrons. The van der Waals surface area contributed by atoms with Gasteiger partial charge in [-0.05, 0) is 36.6 Å². The van der Waals surface area contributed by atoms with Crippen LogP contribution in [0.5, 0.6) is 0 Å². The summed E-state index contributed by atoms with van der Waals surface area (Å²) in [7, 11) is 0. The zero-order chi connectivity index (χ0) is 14.5. The molecule has 0 fully saturated rings. The predicted molar refractivity (Wildman–Crippen MR) is 82.6 cm³/mol. The van der Waals surface area contributed by atoms with Crippen molar-refractivity contribution in [3.05, 3.63) is 65.2 Å². The average molecular weight is 268 g/mol. The third-order valence-electron chi connectivity index (χ3n) is 3.41. The lowest BCUT2D eigenvalue weighted by Gasteiger charge is -2.19. The van der Waals surface area contributed by atoms with Crippen LogP contribution in [0.4, 0.5) is 5.69 Å². The summed E-state index contributed by atoms with van der Waals surface area (Å²) in [4.78, 5) is 11.1. The van der Waals surface area contributed by atoms with Crippen molar-refractivity contribution in [2.24, 2.45) is 5.73 Å². The summed E-state index contributed by atoms with van der Waals surface area (Å²) in [6.07, 6.45) is 0.254. The van der Waals surface area contributed by atoms with Crippen molar-refractivity contribution in [2.75, 3.05) is 5.32 Å². The third kappa shape index (κ3) is 3.38. The fourth-order valence-electron chi connectivity index (χ4n) is 2.39. The van der Waals surface area contributed by atoms with E-state index < -0.39 is 0 Å². The van der Waals surface area contributed by atoms with Gasteiger partial charge < -0.3 is 11.1 Å². The minimum Gasteiger partial charge on any atom is -0.378 e. The number of nitrogens with two attached hydrogens (primary N) is 1. The molecule has 3 heteroatoms. The Kier molecular flexibility index (Phi) is 4.41. The minimum atomic E-state index is -0.317. The van der Waals surface area contributed by atoms with Crippen LogP contribution in [-0.4, -0.2) is 5.91 Å². The lowest BCUT2D eigenvalue weighted by Crippen LogP contribution is -2.16. The zero-order valence-electron chi connectivity index (χ0n) is 11.9.